The molecule has 122 valence electrons. The molecule has 1 atom stereocenters. The van der Waals surface area contributed by atoms with E-state index in [1.54, 1.807) is 18.2 Å². The average Bonchev–Trinajstić information content (AvgIpc) is 2.61. The number of piperazine rings is 1. The van der Waals surface area contributed by atoms with Crippen LogP contribution in [0, 0.1) is 0 Å². The zero-order valence-electron chi connectivity index (χ0n) is 12.8. The van der Waals surface area contributed by atoms with Crippen LogP contribution in [0.5, 0.6) is 0 Å². The minimum Gasteiger partial charge on any atom is -0.478 e. The summed E-state index contributed by atoms with van der Waals surface area (Å²) in [7, 11) is 0. The summed E-state index contributed by atoms with van der Waals surface area (Å²) >= 11 is 0. The number of carboxylic acid groups (broad SMARTS) is 1. The highest BCUT2D eigenvalue weighted by molar-refractivity contribution is 6.00. The summed E-state index contributed by atoms with van der Waals surface area (Å²) in [5.74, 6) is -1.70. The largest absolute Gasteiger partial charge is 0.478 e. The second-order valence-corrected chi connectivity index (χ2v) is 5.49. The van der Waals surface area contributed by atoms with Crippen LogP contribution in [0.4, 0.5) is 0 Å². The Labute approximate surface area is 138 Å². The highest BCUT2D eigenvalue weighted by atomic mass is 16.4. The predicted octanol–water partition coefficient (Wildman–Crippen LogP) is 1.70. The van der Waals surface area contributed by atoms with Gasteiger partial charge in [0.15, 0.2) is 0 Å². The molecule has 1 fully saturated rings. The molecule has 6 heteroatoms. The number of amides is 2. The molecular formula is C18H16N2O4. The number of rotatable bonds is 3. The van der Waals surface area contributed by atoms with Gasteiger partial charge in [0.25, 0.3) is 5.91 Å². The van der Waals surface area contributed by atoms with Gasteiger partial charge < -0.3 is 15.3 Å². The molecule has 0 aromatic heterocycles. The van der Waals surface area contributed by atoms with Crippen molar-refractivity contribution in [1.29, 1.82) is 0 Å². The highest BCUT2D eigenvalue weighted by Crippen LogP contribution is 2.25. The highest BCUT2D eigenvalue weighted by Gasteiger charge is 2.34. The molecule has 0 saturated carbocycles. The van der Waals surface area contributed by atoms with Crippen molar-refractivity contribution in [3.05, 3.63) is 71.3 Å². The monoisotopic (exact) mass is 324 g/mol. The molecular weight excluding hydrogens is 308 g/mol. The molecule has 6 nitrogen and oxygen atoms in total. The Balaban J connectivity index is 1.96. The molecule has 2 aromatic rings. The lowest BCUT2D eigenvalue weighted by atomic mass is 10.0. The Morgan fingerprint density at radius 3 is 2.46 bits per heavy atom. The van der Waals surface area contributed by atoms with Crippen LogP contribution >= 0.6 is 0 Å². The van der Waals surface area contributed by atoms with E-state index in [4.69, 9.17) is 5.11 Å². The summed E-state index contributed by atoms with van der Waals surface area (Å²) < 4.78 is 0. The van der Waals surface area contributed by atoms with Crippen LogP contribution in [0.2, 0.25) is 0 Å². The first-order valence-electron chi connectivity index (χ1n) is 7.55. The zero-order chi connectivity index (χ0) is 17.1. The van der Waals surface area contributed by atoms with Gasteiger partial charge in [-0.1, -0.05) is 36.4 Å². The first-order valence-corrected chi connectivity index (χ1v) is 7.55. The van der Waals surface area contributed by atoms with E-state index in [0.717, 1.165) is 5.56 Å². The fourth-order valence-corrected chi connectivity index (χ4v) is 2.80. The zero-order valence-corrected chi connectivity index (χ0v) is 12.8. The van der Waals surface area contributed by atoms with Gasteiger partial charge in [-0.2, -0.15) is 0 Å². The fraction of sp³-hybridized carbons (Fsp3) is 0.167. The summed E-state index contributed by atoms with van der Waals surface area (Å²) in [6, 6.07) is 14.2. The third-order valence-electron chi connectivity index (χ3n) is 3.94. The summed E-state index contributed by atoms with van der Waals surface area (Å²) in [6.45, 7) is 0.730. The van der Waals surface area contributed by atoms with E-state index in [0.29, 0.717) is 13.1 Å². The average molecular weight is 324 g/mol. The van der Waals surface area contributed by atoms with Gasteiger partial charge in [0, 0.05) is 18.7 Å². The van der Waals surface area contributed by atoms with E-state index in [2.05, 4.69) is 5.32 Å². The van der Waals surface area contributed by atoms with Crippen LogP contribution in [0.25, 0.3) is 0 Å². The minimum atomic E-state index is -1.10. The van der Waals surface area contributed by atoms with Crippen LogP contribution in [0.3, 0.4) is 0 Å². The molecule has 1 saturated heterocycles. The van der Waals surface area contributed by atoms with Crippen LogP contribution in [0.1, 0.15) is 32.3 Å². The lowest BCUT2D eigenvalue weighted by Gasteiger charge is -2.35. The van der Waals surface area contributed by atoms with E-state index in [9.17, 15) is 14.4 Å². The Hall–Kier alpha value is -3.15. The predicted molar refractivity (Wildman–Crippen MR) is 86.6 cm³/mol. The van der Waals surface area contributed by atoms with Crippen LogP contribution in [-0.2, 0) is 4.79 Å². The van der Waals surface area contributed by atoms with Gasteiger partial charge in [-0.05, 0) is 23.8 Å². The summed E-state index contributed by atoms with van der Waals surface area (Å²) in [6.07, 6.45) is 0. The van der Waals surface area contributed by atoms with Gasteiger partial charge in [0.1, 0.15) is 6.04 Å². The molecule has 0 radical (unpaired) electrons. The number of hydrogen-bond acceptors (Lipinski definition) is 3. The molecule has 24 heavy (non-hydrogen) atoms. The normalized spacial score (nSPS) is 17.2. The molecule has 2 aromatic carbocycles. The van der Waals surface area contributed by atoms with Gasteiger partial charge in [0.2, 0.25) is 5.91 Å². The first-order chi connectivity index (χ1) is 11.6. The number of nitrogens with zero attached hydrogens (tertiary/aromatic N) is 1. The molecule has 0 bridgehead atoms. The van der Waals surface area contributed by atoms with Crippen molar-refractivity contribution in [2.45, 2.75) is 6.04 Å². The standard InChI is InChI=1S/C18H16N2O4/c21-16-15(12-5-2-1-3-6-12)20(10-9-19-16)17(22)13-7-4-8-14(11-13)18(23)24/h1-8,11,15H,9-10H2,(H,19,21)(H,23,24). The summed E-state index contributed by atoms with van der Waals surface area (Å²) in [5.41, 5.74) is 1.02. The van der Waals surface area contributed by atoms with Crippen molar-refractivity contribution in [3.63, 3.8) is 0 Å². The third-order valence-corrected chi connectivity index (χ3v) is 3.94. The number of carbonyl (C=O) groups excluding carboxylic acids is 2. The Morgan fingerprint density at radius 1 is 1.04 bits per heavy atom. The van der Waals surface area contributed by atoms with Crippen LogP contribution in [-0.4, -0.2) is 40.9 Å². The maximum atomic E-state index is 12.9. The maximum absolute atomic E-state index is 12.9. The maximum Gasteiger partial charge on any atom is 0.335 e. The van der Waals surface area contributed by atoms with E-state index in [-0.39, 0.29) is 22.9 Å². The first kappa shape index (κ1) is 15.7. The summed E-state index contributed by atoms with van der Waals surface area (Å²) in [5, 5.41) is 11.9. The minimum absolute atomic E-state index is 0.0403. The smallest absolute Gasteiger partial charge is 0.335 e. The van der Waals surface area contributed by atoms with Crippen molar-refractivity contribution < 1.29 is 19.5 Å². The quantitative estimate of drug-likeness (QED) is 0.899. The van der Waals surface area contributed by atoms with E-state index < -0.39 is 12.0 Å². The molecule has 1 aliphatic heterocycles. The Bertz CT molecular complexity index is 789. The SMILES string of the molecule is O=C(O)c1cccc(C(=O)N2CCNC(=O)C2c2ccccc2)c1. The Kier molecular flexibility index (Phi) is 4.29. The van der Waals surface area contributed by atoms with Crippen molar-refractivity contribution >= 4 is 17.8 Å². The van der Waals surface area contributed by atoms with Crippen LogP contribution < -0.4 is 5.32 Å². The molecule has 0 spiro atoms. The lowest BCUT2D eigenvalue weighted by molar-refractivity contribution is -0.128. The fourth-order valence-electron chi connectivity index (χ4n) is 2.80. The Morgan fingerprint density at radius 2 is 1.75 bits per heavy atom. The van der Waals surface area contributed by atoms with Gasteiger partial charge in [-0.25, -0.2) is 4.79 Å². The molecule has 3 rings (SSSR count). The topological polar surface area (TPSA) is 86.7 Å². The number of aromatic carboxylic acids is 1. The van der Waals surface area contributed by atoms with Crippen LogP contribution in [0.15, 0.2) is 54.6 Å². The second-order valence-electron chi connectivity index (χ2n) is 5.49. The van der Waals surface area contributed by atoms with Gasteiger partial charge in [0.05, 0.1) is 5.56 Å². The van der Waals surface area contributed by atoms with Gasteiger partial charge >= 0.3 is 5.97 Å². The lowest BCUT2D eigenvalue weighted by Crippen LogP contribution is -2.52. The number of nitrogens with one attached hydrogen (secondary N) is 1. The molecule has 0 aliphatic carbocycles. The number of carboxylic acids is 1. The van der Waals surface area contributed by atoms with Crippen molar-refractivity contribution in [3.8, 4) is 0 Å². The number of benzene rings is 2. The molecule has 2 amide bonds. The van der Waals surface area contributed by atoms with E-state index >= 15 is 0 Å². The van der Waals surface area contributed by atoms with E-state index in [1.807, 2.05) is 18.2 Å². The summed E-state index contributed by atoms with van der Waals surface area (Å²) in [4.78, 5) is 37.8. The van der Waals surface area contributed by atoms with E-state index in [1.165, 1.54) is 23.1 Å². The second kappa shape index (κ2) is 6.54. The molecule has 1 heterocycles. The van der Waals surface area contributed by atoms with Gasteiger partial charge in [-0.15, -0.1) is 0 Å². The van der Waals surface area contributed by atoms with Crippen molar-refractivity contribution in [2.24, 2.45) is 0 Å². The molecule has 1 unspecified atom stereocenters. The molecule has 1 aliphatic rings. The molecule has 2 N–H and O–H groups in total. The van der Waals surface area contributed by atoms with Crippen molar-refractivity contribution in [1.82, 2.24) is 10.2 Å². The third kappa shape index (κ3) is 2.99. The van der Waals surface area contributed by atoms with Gasteiger partial charge in [-0.3, -0.25) is 9.59 Å². The van der Waals surface area contributed by atoms with Crippen molar-refractivity contribution in [2.75, 3.05) is 13.1 Å². The number of hydrogen-bond donors (Lipinski definition) is 2. The number of carbonyl (C=O) groups is 3.